The minimum Gasteiger partial charge on any atom is -0.469 e. The van der Waals surface area contributed by atoms with E-state index in [1.165, 1.54) is 13.2 Å². The molecule has 1 fully saturated rings. The first-order valence-corrected chi connectivity index (χ1v) is 8.11. The largest absolute Gasteiger partial charge is 0.469 e. The van der Waals surface area contributed by atoms with Crippen LogP contribution in [0.2, 0.25) is 0 Å². The second kappa shape index (κ2) is 9.05. The number of carbonyl (C=O) groups excluding carboxylic acids is 1. The molecule has 1 aromatic rings. The van der Waals surface area contributed by atoms with Crippen LogP contribution in [0.25, 0.3) is 0 Å². The van der Waals surface area contributed by atoms with E-state index in [0.717, 1.165) is 19.5 Å². The molecular weight excluding hydrogens is 313 g/mol. The van der Waals surface area contributed by atoms with E-state index in [4.69, 9.17) is 0 Å². The fourth-order valence-electron chi connectivity index (χ4n) is 2.55. The van der Waals surface area contributed by atoms with Gasteiger partial charge in [0.1, 0.15) is 0 Å². The average molecular weight is 337 g/mol. The maximum atomic E-state index is 13.8. The first kappa shape index (κ1) is 18.0. The van der Waals surface area contributed by atoms with Crippen LogP contribution < -0.4 is 15.5 Å². The van der Waals surface area contributed by atoms with E-state index in [1.54, 1.807) is 12.3 Å². The summed E-state index contributed by atoms with van der Waals surface area (Å²) in [7, 11) is 1.36. The number of nitrogens with zero attached hydrogens (tertiary/aromatic N) is 3. The number of aromatic nitrogens is 1. The zero-order valence-electron chi connectivity index (χ0n) is 14.1. The van der Waals surface area contributed by atoms with Crippen LogP contribution >= 0.6 is 0 Å². The number of esters is 1. The lowest BCUT2D eigenvalue weighted by Crippen LogP contribution is -2.44. The fraction of sp³-hybridized carbons (Fsp3) is 0.562. The lowest BCUT2D eigenvalue weighted by atomic mass is 10.3. The summed E-state index contributed by atoms with van der Waals surface area (Å²) in [5, 5.41) is 6.47. The van der Waals surface area contributed by atoms with Gasteiger partial charge in [-0.25, -0.2) is 9.37 Å². The summed E-state index contributed by atoms with van der Waals surface area (Å²) in [6, 6.07) is 3.14. The molecule has 8 heteroatoms. The highest BCUT2D eigenvalue weighted by molar-refractivity contribution is 5.80. The summed E-state index contributed by atoms with van der Waals surface area (Å²) < 4.78 is 18.4. The highest BCUT2D eigenvalue weighted by Gasteiger charge is 2.25. The summed E-state index contributed by atoms with van der Waals surface area (Å²) in [5.74, 6) is 0.438. The third-order valence-corrected chi connectivity index (χ3v) is 3.73. The van der Waals surface area contributed by atoms with Gasteiger partial charge >= 0.3 is 5.97 Å². The number of pyridine rings is 1. The molecule has 0 amide bonds. The SMILES string of the molecule is CCNC(=NCCC(=O)OC)NC1CCN(c2ncccc2F)C1. The fourth-order valence-corrected chi connectivity index (χ4v) is 2.55. The number of guanidine groups is 1. The Hall–Kier alpha value is -2.38. The van der Waals surface area contributed by atoms with Gasteiger partial charge in [-0.1, -0.05) is 0 Å². The molecule has 132 valence electrons. The Kier molecular flexibility index (Phi) is 6.77. The van der Waals surface area contributed by atoms with E-state index in [1.807, 2.05) is 11.8 Å². The van der Waals surface area contributed by atoms with Crippen molar-refractivity contribution in [3.63, 3.8) is 0 Å². The first-order valence-electron chi connectivity index (χ1n) is 8.11. The summed E-state index contributed by atoms with van der Waals surface area (Å²) in [6.45, 7) is 4.42. The van der Waals surface area contributed by atoms with Crippen molar-refractivity contribution in [3.05, 3.63) is 24.1 Å². The number of hydrogen-bond acceptors (Lipinski definition) is 5. The Morgan fingerprint density at radius 1 is 1.58 bits per heavy atom. The van der Waals surface area contributed by atoms with Crippen molar-refractivity contribution in [3.8, 4) is 0 Å². The first-order chi connectivity index (χ1) is 11.6. The summed E-state index contributed by atoms with van der Waals surface area (Å²) in [6.07, 6.45) is 2.69. The maximum Gasteiger partial charge on any atom is 0.307 e. The molecule has 0 aliphatic carbocycles. The summed E-state index contributed by atoms with van der Waals surface area (Å²) in [5.41, 5.74) is 0. The van der Waals surface area contributed by atoms with Crippen molar-refractivity contribution in [2.45, 2.75) is 25.8 Å². The minimum absolute atomic E-state index is 0.141. The second-order valence-electron chi connectivity index (χ2n) is 5.47. The number of carbonyl (C=O) groups is 1. The quantitative estimate of drug-likeness (QED) is 0.456. The van der Waals surface area contributed by atoms with Crippen molar-refractivity contribution < 1.29 is 13.9 Å². The van der Waals surface area contributed by atoms with E-state index in [0.29, 0.717) is 24.9 Å². The Bertz CT molecular complexity index is 581. The molecule has 1 aromatic heterocycles. The second-order valence-corrected chi connectivity index (χ2v) is 5.47. The Morgan fingerprint density at radius 3 is 3.12 bits per heavy atom. The Morgan fingerprint density at radius 2 is 2.42 bits per heavy atom. The van der Waals surface area contributed by atoms with E-state index in [9.17, 15) is 9.18 Å². The average Bonchev–Trinajstić information content (AvgIpc) is 3.03. The Labute approximate surface area is 141 Å². The molecule has 2 rings (SSSR count). The molecule has 1 aliphatic heterocycles. The third-order valence-electron chi connectivity index (χ3n) is 3.73. The maximum absolute atomic E-state index is 13.8. The van der Waals surface area contributed by atoms with Crippen LogP contribution in [0, 0.1) is 5.82 Å². The van der Waals surface area contributed by atoms with Gasteiger partial charge in [-0.3, -0.25) is 9.79 Å². The van der Waals surface area contributed by atoms with Crippen molar-refractivity contribution in [2.75, 3.05) is 38.2 Å². The lowest BCUT2D eigenvalue weighted by molar-refractivity contribution is -0.140. The zero-order valence-corrected chi connectivity index (χ0v) is 14.1. The Balaban J connectivity index is 1.90. The van der Waals surface area contributed by atoms with Crippen LogP contribution in [0.1, 0.15) is 19.8 Å². The topological polar surface area (TPSA) is 78.8 Å². The number of aliphatic imine (C=N–C) groups is 1. The molecule has 2 heterocycles. The van der Waals surface area contributed by atoms with Gasteiger partial charge in [0.25, 0.3) is 0 Å². The van der Waals surface area contributed by atoms with Gasteiger partial charge in [-0.2, -0.15) is 0 Å². The van der Waals surface area contributed by atoms with Crippen LogP contribution in [0.5, 0.6) is 0 Å². The number of rotatable bonds is 6. The number of ether oxygens (including phenoxy) is 1. The molecule has 2 N–H and O–H groups in total. The third kappa shape index (κ3) is 5.07. The zero-order chi connectivity index (χ0) is 17.4. The van der Waals surface area contributed by atoms with Gasteiger partial charge in [-0.15, -0.1) is 0 Å². The molecule has 1 atom stereocenters. The summed E-state index contributed by atoms with van der Waals surface area (Å²) >= 11 is 0. The van der Waals surface area contributed by atoms with E-state index in [2.05, 4.69) is 25.3 Å². The highest BCUT2D eigenvalue weighted by atomic mass is 19.1. The molecule has 24 heavy (non-hydrogen) atoms. The predicted octanol–water partition coefficient (Wildman–Crippen LogP) is 0.918. The van der Waals surface area contributed by atoms with Crippen molar-refractivity contribution in [2.24, 2.45) is 4.99 Å². The minimum atomic E-state index is -0.309. The van der Waals surface area contributed by atoms with E-state index in [-0.39, 0.29) is 24.2 Å². The summed E-state index contributed by atoms with van der Waals surface area (Å²) in [4.78, 5) is 21.5. The molecule has 7 nitrogen and oxygen atoms in total. The number of anilines is 1. The standard InChI is InChI=1S/C16H24FN5O2/c1-3-18-16(20-9-6-14(23)24-2)21-12-7-10-22(11-12)15-13(17)5-4-8-19-15/h4-5,8,12H,3,6-7,9-11H2,1-2H3,(H2,18,20,21). The number of hydrogen-bond donors (Lipinski definition) is 2. The molecule has 0 radical (unpaired) electrons. The number of methoxy groups -OCH3 is 1. The number of nitrogens with one attached hydrogen (secondary N) is 2. The van der Waals surface area contributed by atoms with Gasteiger partial charge in [0, 0.05) is 31.9 Å². The van der Waals surface area contributed by atoms with Crippen molar-refractivity contribution in [1.29, 1.82) is 0 Å². The van der Waals surface area contributed by atoms with Crippen LogP contribution in [0.15, 0.2) is 23.3 Å². The van der Waals surface area contributed by atoms with Gasteiger partial charge in [0.05, 0.1) is 20.1 Å². The van der Waals surface area contributed by atoms with Crippen LogP contribution in [-0.4, -0.2) is 56.2 Å². The van der Waals surface area contributed by atoms with Crippen LogP contribution in [0.4, 0.5) is 10.2 Å². The number of halogens is 1. The van der Waals surface area contributed by atoms with Crippen molar-refractivity contribution >= 4 is 17.7 Å². The smallest absolute Gasteiger partial charge is 0.307 e. The van der Waals surface area contributed by atoms with Crippen LogP contribution in [-0.2, 0) is 9.53 Å². The lowest BCUT2D eigenvalue weighted by Gasteiger charge is -2.19. The van der Waals surface area contributed by atoms with Gasteiger partial charge < -0.3 is 20.3 Å². The molecular formula is C16H24FN5O2. The molecule has 0 bridgehead atoms. The molecule has 1 saturated heterocycles. The highest BCUT2D eigenvalue weighted by Crippen LogP contribution is 2.20. The van der Waals surface area contributed by atoms with Gasteiger partial charge in [0.15, 0.2) is 17.6 Å². The monoisotopic (exact) mass is 337 g/mol. The molecule has 0 saturated carbocycles. The predicted molar refractivity (Wildman–Crippen MR) is 90.6 cm³/mol. The van der Waals surface area contributed by atoms with Crippen molar-refractivity contribution in [1.82, 2.24) is 15.6 Å². The van der Waals surface area contributed by atoms with E-state index >= 15 is 0 Å². The molecule has 1 unspecified atom stereocenters. The van der Waals surface area contributed by atoms with Gasteiger partial charge in [0.2, 0.25) is 0 Å². The van der Waals surface area contributed by atoms with Crippen LogP contribution in [0.3, 0.4) is 0 Å². The molecule has 0 spiro atoms. The van der Waals surface area contributed by atoms with E-state index < -0.39 is 0 Å². The van der Waals surface area contributed by atoms with Gasteiger partial charge in [-0.05, 0) is 25.5 Å². The molecule has 0 aromatic carbocycles. The molecule has 1 aliphatic rings. The normalized spacial score (nSPS) is 17.7.